The SMILES string of the molecule is O=C1SCCN1Cc1cccc(C(F)(F)F)c1. The molecule has 1 aromatic carbocycles. The first-order chi connectivity index (χ1) is 7.97. The number of alkyl halides is 3. The number of halogens is 3. The topological polar surface area (TPSA) is 20.3 Å². The molecule has 17 heavy (non-hydrogen) atoms. The largest absolute Gasteiger partial charge is 0.416 e. The first-order valence-electron chi connectivity index (χ1n) is 5.04. The number of hydrogen-bond donors (Lipinski definition) is 0. The van der Waals surface area contributed by atoms with Crippen molar-refractivity contribution in [3.8, 4) is 0 Å². The van der Waals surface area contributed by atoms with Crippen LogP contribution in [0.15, 0.2) is 24.3 Å². The molecule has 92 valence electrons. The summed E-state index contributed by atoms with van der Waals surface area (Å²) in [5.74, 6) is 0.706. The summed E-state index contributed by atoms with van der Waals surface area (Å²) in [6.07, 6.45) is -4.33. The van der Waals surface area contributed by atoms with E-state index in [9.17, 15) is 18.0 Å². The lowest BCUT2D eigenvalue weighted by molar-refractivity contribution is -0.137. The molecule has 1 saturated heterocycles. The lowest BCUT2D eigenvalue weighted by Gasteiger charge is -2.15. The predicted octanol–water partition coefficient (Wildman–Crippen LogP) is 3.37. The Morgan fingerprint density at radius 3 is 2.71 bits per heavy atom. The van der Waals surface area contributed by atoms with Crippen LogP contribution < -0.4 is 0 Å². The van der Waals surface area contributed by atoms with Crippen molar-refractivity contribution in [1.82, 2.24) is 4.90 Å². The molecule has 0 unspecified atom stereocenters. The van der Waals surface area contributed by atoms with Crippen LogP contribution >= 0.6 is 11.8 Å². The molecular formula is C11H10F3NOS. The van der Waals surface area contributed by atoms with Gasteiger partial charge in [-0.05, 0) is 17.7 Å². The summed E-state index contributed by atoms with van der Waals surface area (Å²) in [5.41, 5.74) is -0.162. The Hall–Kier alpha value is -1.17. The predicted molar refractivity (Wildman–Crippen MR) is 59.7 cm³/mol. The summed E-state index contributed by atoms with van der Waals surface area (Å²) < 4.78 is 37.4. The number of carbonyl (C=O) groups is 1. The highest BCUT2D eigenvalue weighted by molar-refractivity contribution is 8.13. The van der Waals surface area contributed by atoms with E-state index >= 15 is 0 Å². The van der Waals surface area contributed by atoms with Crippen molar-refractivity contribution >= 4 is 17.0 Å². The maximum Gasteiger partial charge on any atom is 0.416 e. The first kappa shape index (κ1) is 12.3. The minimum atomic E-state index is -4.33. The molecular weight excluding hydrogens is 251 g/mol. The molecule has 1 heterocycles. The standard InChI is InChI=1S/C11H10F3NOS/c12-11(13,14)9-3-1-2-8(6-9)7-15-4-5-17-10(15)16/h1-3,6H,4-5,7H2. The van der Waals surface area contributed by atoms with Gasteiger partial charge < -0.3 is 4.90 Å². The van der Waals surface area contributed by atoms with Gasteiger partial charge in [0.05, 0.1) is 5.56 Å². The molecule has 0 radical (unpaired) electrons. The highest BCUT2D eigenvalue weighted by Crippen LogP contribution is 2.30. The third-order valence-corrected chi connectivity index (χ3v) is 3.36. The van der Waals surface area contributed by atoms with Gasteiger partial charge in [0.25, 0.3) is 5.24 Å². The number of hydrogen-bond acceptors (Lipinski definition) is 2. The molecule has 2 rings (SSSR count). The average molecular weight is 261 g/mol. The molecule has 1 amide bonds. The number of benzene rings is 1. The summed E-state index contributed by atoms with van der Waals surface area (Å²) >= 11 is 1.20. The van der Waals surface area contributed by atoms with Crippen molar-refractivity contribution in [2.75, 3.05) is 12.3 Å². The van der Waals surface area contributed by atoms with Crippen molar-refractivity contribution in [3.63, 3.8) is 0 Å². The normalized spacial score (nSPS) is 16.6. The molecule has 0 aromatic heterocycles. The van der Waals surface area contributed by atoms with Crippen LogP contribution in [0.4, 0.5) is 18.0 Å². The van der Waals surface area contributed by atoms with Crippen molar-refractivity contribution in [2.45, 2.75) is 12.7 Å². The maximum absolute atomic E-state index is 12.5. The molecule has 0 atom stereocenters. The van der Waals surface area contributed by atoms with E-state index in [0.29, 0.717) is 17.9 Å². The Labute approximate surface area is 101 Å². The van der Waals surface area contributed by atoms with E-state index in [1.54, 1.807) is 11.0 Å². The van der Waals surface area contributed by atoms with Gasteiger partial charge in [0.2, 0.25) is 0 Å². The van der Waals surface area contributed by atoms with E-state index in [2.05, 4.69) is 0 Å². The Kier molecular flexibility index (Phi) is 3.33. The van der Waals surface area contributed by atoms with Crippen LogP contribution in [0.3, 0.4) is 0 Å². The van der Waals surface area contributed by atoms with Crippen molar-refractivity contribution in [1.29, 1.82) is 0 Å². The molecule has 0 saturated carbocycles. The fourth-order valence-electron chi connectivity index (χ4n) is 1.64. The summed E-state index contributed by atoms with van der Waals surface area (Å²) in [5, 5.41) is -0.0672. The van der Waals surface area contributed by atoms with Crippen LogP contribution in [-0.2, 0) is 12.7 Å². The van der Waals surface area contributed by atoms with Gasteiger partial charge in [0.15, 0.2) is 0 Å². The molecule has 1 aromatic rings. The monoisotopic (exact) mass is 261 g/mol. The van der Waals surface area contributed by atoms with Gasteiger partial charge in [0, 0.05) is 18.8 Å². The van der Waals surface area contributed by atoms with Crippen LogP contribution in [0.1, 0.15) is 11.1 Å². The second-order valence-electron chi connectivity index (χ2n) is 3.73. The van der Waals surface area contributed by atoms with Crippen molar-refractivity contribution in [2.24, 2.45) is 0 Å². The lowest BCUT2D eigenvalue weighted by atomic mass is 10.1. The fourth-order valence-corrected chi connectivity index (χ4v) is 2.46. The smallest absolute Gasteiger partial charge is 0.328 e. The summed E-state index contributed by atoms with van der Waals surface area (Å²) in [4.78, 5) is 12.9. The second-order valence-corrected chi connectivity index (χ2v) is 4.78. The molecule has 6 heteroatoms. The van der Waals surface area contributed by atoms with E-state index in [0.717, 1.165) is 12.1 Å². The Balaban J connectivity index is 2.14. The van der Waals surface area contributed by atoms with Crippen molar-refractivity contribution < 1.29 is 18.0 Å². The second kappa shape index (κ2) is 4.60. The van der Waals surface area contributed by atoms with E-state index in [-0.39, 0.29) is 11.8 Å². The Morgan fingerprint density at radius 2 is 2.12 bits per heavy atom. The summed E-state index contributed by atoms with van der Waals surface area (Å²) in [7, 11) is 0. The molecule has 0 aliphatic carbocycles. The zero-order valence-corrected chi connectivity index (χ0v) is 9.64. The van der Waals surface area contributed by atoms with Crippen molar-refractivity contribution in [3.05, 3.63) is 35.4 Å². The molecule has 1 fully saturated rings. The Morgan fingerprint density at radius 1 is 1.35 bits per heavy atom. The van der Waals surface area contributed by atoms with Crippen LogP contribution in [0, 0.1) is 0 Å². The number of thioether (sulfide) groups is 1. The van der Waals surface area contributed by atoms with Crippen LogP contribution in [0.5, 0.6) is 0 Å². The third kappa shape index (κ3) is 2.94. The molecule has 2 nitrogen and oxygen atoms in total. The molecule has 1 aliphatic rings. The minimum absolute atomic E-state index is 0.0672. The van der Waals surface area contributed by atoms with E-state index in [4.69, 9.17) is 0 Å². The summed E-state index contributed by atoms with van der Waals surface area (Å²) in [6.45, 7) is 0.843. The number of rotatable bonds is 2. The van der Waals surface area contributed by atoms with Crippen LogP contribution in [-0.4, -0.2) is 22.4 Å². The first-order valence-corrected chi connectivity index (χ1v) is 6.03. The van der Waals surface area contributed by atoms with Gasteiger partial charge >= 0.3 is 6.18 Å². The fraction of sp³-hybridized carbons (Fsp3) is 0.364. The number of carbonyl (C=O) groups excluding carboxylic acids is 1. The highest BCUT2D eigenvalue weighted by Gasteiger charge is 2.30. The van der Waals surface area contributed by atoms with Crippen LogP contribution in [0.25, 0.3) is 0 Å². The van der Waals surface area contributed by atoms with Gasteiger partial charge in [0.1, 0.15) is 0 Å². The van der Waals surface area contributed by atoms with E-state index in [1.807, 2.05) is 0 Å². The van der Waals surface area contributed by atoms with E-state index in [1.165, 1.54) is 17.8 Å². The highest BCUT2D eigenvalue weighted by atomic mass is 32.2. The van der Waals surface area contributed by atoms with Crippen LogP contribution in [0.2, 0.25) is 0 Å². The molecule has 0 bridgehead atoms. The maximum atomic E-state index is 12.5. The average Bonchev–Trinajstić information content (AvgIpc) is 2.64. The van der Waals surface area contributed by atoms with Gasteiger partial charge in [-0.25, -0.2) is 0 Å². The van der Waals surface area contributed by atoms with Gasteiger partial charge in [-0.2, -0.15) is 13.2 Å². The Bertz CT molecular complexity index is 433. The van der Waals surface area contributed by atoms with Gasteiger partial charge in [-0.1, -0.05) is 23.9 Å². The number of amides is 1. The van der Waals surface area contributed by atoms with Gasteiger partial charge in [-0.3, -0.25) is 4.79 Å². The zero-order chi connectivity index (χ0) is 12.5. The minimum Gasteiger partial charge on any atom is -0.328 e. The quantitative estimate of drug-likeness (QED) is 0.813. The van der Waals surface area contributed by atoms with E-state index < -0.39 is 11.7 Å². The third-order valence-electron chi connectivity index (χ3n) is 2.47. The summed E-state index contributed by atoms with van der Waals surface area (Å²) in [6, 6.07) is 5.09. The molecule has 0 spiro atoms. The number of nitrogens with zero attached hydrogens (tertiary/aromatic N) is 1. The van der Waals surface area contributed by atoms with Gasteiger partial charge in [-0.15, -0.1) is 0 Å². The molecule has 0 N–H and O–H groups in total. The lowest BCUT2D eigenvalue weighted by Crippen LogP contribution is -2.22. The molecule has 1 aliphatic heterocycles. The zero-order valence-electron chi connectivity index (χ0n) is 8.83.